The fraction of sp³-hybridized carbons (Fsp3) is 0.250. The number of hydrogen-bond acceptors (Lipinski definition) is 2. The van der Waals surface area contributed by atoms with E-state index in [1.54, 1.807) is 19.1 Å². The monoisotopic (exact) mass is 260 g/mol. The largest absolute Gasteiger partial charge is 0.496 e. The summed E-state index contributed by atoms with van der Waals surface area (Å²) in [6, 6.07) is 14.0. The summed E-state index contributed by atoms with van der Waals surface area (Å²) in [5, 5.41) is 10.6. The van der Waals surface area contributed by atoms with E-state index in [-0.39, 0.29) is 5.56 Å². The molecule has 0 heterocycles. The number of rotatable bonds is 4. The Morgan fingerprint density at radius 2 is 1.79 bits per heavy atom. The van der Waals surface area contributed by atoms with E-state index < -0.39 is 11.4 Å². The van der Waals surface area contributed by atoms with E-state index in [0.717, 1.165) is 5.56 Å². The Kier molecular flexibility index (Phi) is 3.86. The van der Waals surface area contributed by atoms with Crippen LogP contribution in [0.2, 0.25) is 0 Å². The van der Waals surface area contributed by atoms with Crippen molar-refractivity contribution >= 4 is 0 Å². The standard InChI is InChI=1S/C16H17FO2/c1-16(18,11-12-7-4-3-5-8-12)15-13(17)9-6-10-14(15)19-2/h3-10,18H,11H2,1-2H3. The first-order chi connectivity index (χ1) is 9.04. The predicted octanol–water partition coefficient (Wildman–Crippen LogP) is 3.28. The Morgan fingerprint density at radius 1 is 1.11 bits per heavy atom. The van der Waals surface area contributed by atoms with E-state index in [4.69, 9.17) is 4.74 Å². The molecule has 1 N–H and O–H groups in total. The molecule has 2 aromatic carbocycles. The van der Waals surface area contributed by atoms with Gasteiger partial charge >= 0.3 is 0 Å². The molecule has 0 spiro atoms. The molecule has 0 radical (unpaired) electrons. The first kappa shape index (κ1) is 13.6. The van der Waals surface area contributed by atoms with Crippen LogP contribution < -0.4 is 4.74 Å². The van der Waals surface area contributed by atoms with Crippen molar-refractivity contribution in [2.24, 2.45) is 0 Å². The highest BCUT2D eigenvalue weighted by Gasteiger charge is 2.30. The van der Waals surface area contributed by atoms with E-state index in [0.29, 0.717) is 12.2 Å². The van der Waals surface area contributed by atoms with Crippen LogP contribution in [0, 0.1) is 5.82 Å². The van der Waals surface area contributed by atoms with Crippen molar-refractivity contribution in [3.63, 3.8) is 0 Å². The zero-order chi connectivity index (χ0) is 13.9. The Balaban J connectivity index is 2.39. The van der Waals surface area contributed by atoms with Gasteiger partial charge in [-0.25, -0.2) is 4.39 Å². The zero-order valence-corrected chi connectivity index (χ0v) is 11.1. The minimum Gasteiger partial charge on any atom is -0.496 e. The molecule has 0 amide bonds. The number of ether oxygens (including phenoxy) is 1. The molecule has 1 atom stereocenters. The summed E-state index contributed by atoms with van der Waals surface area (Å²) in [4.78, 5) is 0. The van der Waals surface area contributed by atoms with Gasteiger partial charge in [0.2, 0.25) is 0 Å². The summed E-state index contributed by atoms with van der Waals surface area (Å²) in [6.07, 6.45) is 0.325. The highest BCUT2D eigenvalue weighted by atomic mass is 19.1. The quantitative estimate of drug-likeness (QED) is 0.914. The summed E-state index contributed by atoms with van der Waals surface area (Å²) in [7, 11) is 1.47. The minimum absolute atomic E-state index is 0.196. The fourth-order valence-corrected chi connectivity index (χ4v) is 2.28. The number of aliphatic hydroxyl groups is 1. The van der Waals surface area contributed by atoms with E-state index in [1.807, 2.05) is 30.3 Å². The average Bonchev–Trinajstić information content (AvgIpc) is 2.38. The molecule has 0 aliphatic heterocycles. The van der Waals surface area contributed by atoms with Crippen LogP contribution in [0.25, 0.3) is 0 Å². The predicted molar refractivity (Wildman–Crippen MR) is 72.7 cm³/mol. The van der Waals surface area contributed by atoms with Crippen molar-refractivity contribution in [1.82, 2.24) is 0 Å². The molecule has 2 rings (SSSR count). The lowest BCUT2D eigenvalue weighted by Crippen LogP contribution is -2.26. The molecule has 0 aliphatic carbocycles. The Bertz CT molecular complexity index is 550. The lowest BCUT2D eigenvalue weighted by Gasteiger charge is -2.26. The van der Waals surface area contributed by atoms with Gasteiger partial charge in [0.1, 0.15) is 11.6 Å². The van der Waals surface area contributed by atoms with Gasteiger partial charge in [-0.15, -0.1) is 0 Å². The molecule has 3 heteroatoms. The number of hydrogen-bond donors (Lipinski definition) is 1. The molecular formula is C16H17FO2. The third-order valence-corrected chi connectivity index (χ3v) is 3.13. The summed E-state index contributed by atoms with van der Waals surface area (Å²) in [5.74, 6) is -0.0961. The number of benzene rings is 2. The Hall–Kier alpha value is -1.87. The maximum atomic E-state index is 14.0. The maximum Gasteiger partial charge on any atom is 0.133 e. The summed E-state index contributed by atoms with van der Waals surface area (Å²) in [6.45, 7) is 1.60. The van der Waals surface area contributed by atoms with Gasteiger partial charge in [0, 0.05) is 6.42 Å². The van der Waals surface area contributed by atoms with E-state index in [1.165, 1.54) is 13.2 Å². The van der Waals surface area contributed by atoms with Crippen molar-refractivity contribution in [2.45, 2.75) is 18.9 Å². The SMILES string of the molecule is COc1cccc(F)c1C(C)(O)Cc1ccccc1. The normalized spacial score (nSPS) is 13.9. The van der Waals surface area contributed by atoms with Crippen LogP contribution in [0.1, 0.15) is 18.1 Å². The molecule has 100 valence electrons. The lowest BCUT2D eigenvalue weighted by atomic mass is 9.88. The Labute approximate surface area is 112 Å². The van der Waals surface area contributed by atoms with Crippen molar-refractivity contribution in [3.8, 4) is 5.75 Å². The van der Waals surface area contributed by atoms with E-state index in [9.17, 15) is 9.50 Å². The number of methoxy groups -OCH3 is 1. The maximum absolute atomic E-state index is 14.0. The van der Waals surface area contributed by atoms with Gasteiger partial charge in [0.05, 0.1) is 18.3 Å². The molecule has 1 unspecified atom stereocenters. The van der Waals surface area contributed by atoms with Crippen LogP contribution in [0.15, 0.2) is 48.5 Å². The van der Waals surface area contributed by atoms with Crippen LogP contribution in [-0.4, -0.2) is 12.2 Å². The summed E-state index contributed by atoms with van der Waals surface area (Å²) in [5.41, 5.74) is -0.183. The molecule has 0 aromatic heterocycles. The van der Waals surface area contributed by atoms with Gasteiger partial charge in [0.25, 0.3) is 0 Å². The molecule has 0 fully saturated rings. The van der Waals surface area contributed by atoms with E-state index in [2.05, 4.69) is 0 Å². The lowest BCUT2D eigenvalue weighted by molar-refractivity contribution is 0.0510. The van der Waals surface area contributed by atoms with Crippen LogP contribution in [0.4, 0.5) is 4.39 Å². The van der Waals surface area contributed by atoms with Gasteiger partial charge in [-0.2, -0.15) is 0 Å². The average molecular weight is 260 g/mol. The van der Waals surface area contributed by atoms with Crippen molar-refractivity contribution < 1.29 is 14.2 Å². The second-order valence-electron chi connectivity index (χ2n) is 4.75. The highest BCUT2D eigenvalue weighted by Crippen LogP contribution is 2.34. The smallest absolute Gasteiger partial charge is 0.133 e. The van der Waals surface area contributed by atoms with Gasteiger partial charge in [-0.1, -0.05) is 36.4 Å². The zero-order valence-electron chi connectivity index (χ0n) is 11.1. The van der Waals surface area contributed by atoms with Gasteiger partial charge in [0.15, 0.2) is 0 Å². The van der Waals surface area contributed by atoms with Crippen LogP contribution in [0.3, 0.4) is 0 Å². The fourth-order valence-electron chi connectivity index (χ4n) is 2.28. The Morgan fingerprint density at radius 3 is 2.42 bits per heavy atom. The summed E-state index contributed by atoms with van der Waals surface area (Å²) >= 11 is 0. The number of halogens is 1. The van der Waals surface area contributed by atoms with Crippen LogP contribution in [0.5, 0.6) is 5.75 Å². The molecule has 2 aromatic rings. The van der Waals surface area contributed by atoms with Gasteiger partial charge in [-0.3, -0.25) is 0 Å². The first-order valence-corrected chi connectivity index (χ1v) is 6.14. The topological polar surface area (TPSA) is 29.5 Å². The first-order valence-electron chi connectivity index (χ1n) is 6.14. The molecule has 2 nitrogen and oxygen atoms in total. The third-order valence-electron chi connectivity index (χ3n) is 3.13. The van der Waals surface area contributed by atoms with Crippen molar-refractivity contribution in [1.29, 1.82) is 0 Å². The second kappa shape index (κ2) is 5.41. The second-order valence-corrected chi connectivity index (χ2v) is 4.75. The van der Waals surface area contributed by atoms with Gasteiger partial charge < -0.3 is 9.84 Å². The molecule has 0 bridgehead atoms. The molecule has 0 saturated carbocycles. The van der Waals surface area contributed by atoms with Crippen LogP contribution in [-0.2, 0) is 12.0 Å². The molecule has 0 aliphatic rings. The molecule has 0 saturated heterocycles. The van der Waals surface area contributed by atoms with Crippen LogP contribution >= 0.6 is 0 Å². The van der Waals surface area contributed by atoms with E-state index >= 15 is 0 Å². The molecular weight excluding hydrogens is 243 g/mol. The highest BCUT2D eigenvalue weighted by molar-refractivity contribution is 5.40. The van der Waals surface area contributed by atoms with Crippen molar-refractivity contribution in [3.05, 3.63) is 65.5 Å². The van der Waals surface area contributed by atoms with Gasteiger partial charge in [-0.05, 0) is 24.6 Å². The third kappa shape index (κ3) is 2.93. The minimum atomic E-state index is -1.32. The van der Waals surface area contributed by atoms with Crippen molar-refractivity contribution in [2.75, 3.05) is 7.11 Å². The molecule has 19 heavy (non-hydrogen) atoms. The summed E-state index contributed by atoms with van der Waals surface area (Å²) < 4.78 is 19.1.